The molecule has 0 saturated heterocycles. The highest BCUT2D eigenvalue weighted by molar-refractivity contribution is 5.85. The van der Waals surface area contributed by atoms with E-state index in [-0.39, 0.29) is 29.7 Å². The number of primary amides is 1. The van der Waals surface area contributed by atoms with Gasteiger partial charge in [0.1, 0.15) is 17.9 Å². The van der Waals surface area contributed by atoms with Crippen molar-refractivity contribution in [2.24, 2.45) is 23.5 Å². The van der Waals surface area contributed by atoms with Crippen LogP contribution in [0.4, 0.5) is 17.5 Å². The molecule has 0 spiro atoms. The molecule has 3 unspecified atom stereocenters. The third-order valence-electron chi connectivity index (χ3n) is 6.60. The van der Waals surface area contributed by atoms with Gasteiger partial charge in [-0.3, -0.25) is 9.78 Å². The zero-order valence-corrected chi connectivity index (χ0v) is 18.8. The van der Waals surface area contributed by atoms with Crippen LogP contribution in [-0.2, 0) is 11.4 Å². The Hall–Kier alpha value is -4.47. The fourth-order valence-electron chi connectivity index (χ4n) is 5.00. The summed E-state index contributed by atoms with van der Waals surface area (Å²) in [7, 11) is 0. The number of ether oxygens (including phenoxy) is 1. The number of hydrogen-bond acceptors (Lipinski definition) is 8. The molecule has 2 aliphatic carbocycles. The van der Waals surface area contributed by atoms with Crippen molar-refractivity contribution >= 4 is 34.5 Å². The van der Waals surface area contributed by atoms with Crippen molar-refractivity contribution in [3.05, 3.63) is 72.8 Å². The molecule has 3 heterocycles. The molecule has 6 rings (SSSR count). The number of anilines is 3. The number of amides is 1. The van der Waals surface area contributed by atoms with Gasteiger partial charge in [0.05, 0.1) is 12.2 Å². The molecular formula is C25H24N8O2. The van der Waals surface area contributed by atoms with E-state index in [1.807, 2.05) is 36.4 Å². The zero-order valence-electron chi connectivity index (χ0n) is 18.8. The fourth-order valence-corrected chi connectivity index (χ4v) is 5.00. The Morgan fingerprint density at radius 1 is 1.17 bits per heavy atom. The third kappa shape index (κ3) is 4.14. The maximum atomic E-state index is 12.2. The van der Waals surface area contributed by atoms with Crippen molar-refractivity contribution in [2.75, 3.05) is 10.6 Å². The van der Waals surface area contributed by atoms with E-state index in [1.165, 1.54) is 0 Å². The van der Waals surface area contributed by atoms with E-state index in [2.05, 4.69) is 42.7 Å². The van der Waals surface area contributed by atoms with Crippen LogP contribution in [0, 0.1) is 17.8 Å². The molecule has 1 amide bonds. The topological polar surface area (TPSA) is 144 Å². The number of rotatable bonds is 8. The predicted molar refractivity (Wildman–Crippen MR) is 131 cm³/mol. The summed E-state index contributed by atoms with van der Waals surface area (Å²) < 4.78 is 5.90. The molecule has 4 aromatic rings. The number of imidazole rings is 1. The Morgan fingerprint density at radius 2 is 2.09 bits per heavy atom. The van der Waals surface area contributed by atoms with Crippen molar-refractivity contribution < 1.29 is 9.53 Å². The van der Waals surface area contributed by atoms with Crippen LogP contribution in [0.5, 0.6) is 5.75 Å². The number of hydrogen-bond donors (Lipinski definition) is 4. The molecule has 5 N–H and O–H groups in total. The van der Waals surface area contributed by atoms with Crippen LogP contribution in [0.15, 0.2) is 67.3 Å². The van der Waals surface area contributed by atoms with Gasteiger partial charge in [-0.2, -0.15) is 9.97 Å². The van der Waals surface area contributed by atoms with Gasteiger partial charge in [-0.25, -0.2) is 4.98 Å². The molecule has 0 radical (unpaired) electrons. The number of benzene rings is 1. The van der Waals surface area contributed by atoms with Crippen LogP contribution >= 0.6 is 0 Å². The average molecular weight is 469 g/mol. The molecular weight excluding hydrogens is 444 g/mol. The van der Waals surface area contributed by atoms with Gasteiger partial charge < -0.3 is 26.1 Å². The van der Waals surface area contributed by atoms with E-state index in [1.54, 1.807) is 18.7 Å². The second kappa shape index (κ2) is 8.71. The van der Waals surface area contributed by atoms with Gasteiger partial charge in [0, 0.05) is 35.8 Å². The van der Waals surface area contributed by atoms with Crippen LogP contribution < -0.4 is 21.1 Å². The van der Waals surface area contributed by atoms with E-state index < -0.39 is 0 Å². The number of carbonyl (C=O) groups is 1. The van der Waals surface area contributed by atoms with E-state index in [4.69, 9.17) is 15.5 Å². The fraction of sp³-hybridized carbons (Fsp3) is 0.240. The van der Waals surface area contributed by atoms with Gasteiger partial charge in [0.25, 0.3) is 0 Å². The number of nitrogens with two attached hydrogens (primary N) is 1. The number of pyridine rings is 1. The summed E-state index contributed by atoms with van der Waals surface area (Å²) in [6.45, 7) is 0.417. The largest absolute Gasteiger partial charge is 0.489 e. The SMILES string of the molecule is NC(=O)C1C(Nc2nc(Nc3cccc(OCc4cccnc4)c3)nc3nc[nH]c23)C2C=C[C@@H]1C2. The minimum Gasteiger partial charge on any atom is -0.489 e. The van der Waals surface area contributed by atoms with Gasteiger partial charge in [0.15, 0.2) is 11.5 Å². The Morgan fingerprint density at radius 3 is 2.94 bits per heavy atom. The summed E-state index contributed by atoms with van der Waals surface area (Å²) in [5.74, 6) is 1.49. The lowest BCUT2D eigenvalue weighted by Gasteiger charge is -2.27. The molecule has 2 aliphatic rings. The summed E-state index contributed by atoms with van der Waals surface area (Å²) in [5.41, 5.74) is 8.69. The normalized spacial score (nSPS) is 22.4. The number of fused-ring (bicyclic) bond motifs is 3. The minimum absolute atomic E-state index is 0.124. The van der Waals surface area contributed by atoms with Gasteiger partial charge in [-0.05, 0) is 36.5 Å². The summed E-state index contributed by atoms with van der Waals surface area (Å²) >= 11 is 0. The Kier molecular flexibility index (Phi) is 5.25. The molecule has 2 bridgehead atoms. The van der Waals surface area contributed by atoms with Crippen molar-refractivity contribution in [2.45, 2.75) is 19.1 Å². The molecule has 1 saturated carbocycles. The lowest BCUT2D eigenvalue weighted by molar-refractivity contribution is -0.122. The quantitative estimate of drug-likeness (QED) is 0.289. The van der Waals surface area contributed by atoms with Crippen molar-refractivity contribution in [1.82, 2.24) is 24.9 Å². The van der Waals surface area contributed by atoms with Gasteiger partial charge >= 0.3 is 0 Å². The first-order valence-electron chi connectivity index (χ1n) is 11.5. The third-order valence-corrected chi connectivity index (χ3v) is 6.60. The number of allylic oxidation sites excluding steroid dienone is 1. The van der Waals surface area contributed by atoms with Crippen molar-refractivity contribution in [1.29, 1.82) is 0 Å². The van der Waals surface area contributed by atoms with Crippen molar-refractivity contribution in [3.63, 3.8) is 0 Å². The average Bonchev–Trinajstić information content (AvgIpc) is 3.60. The molecule has 4 atom stereocenters. The molecule has 1 fully saturated rings. The Bertz CT molecular complexity index is 1400. The summed E-state index contributed by atoms with van der Waals surface area (Å²) in [6.07, 6.45) is 10.3. The highest BCUT2D eigenvalue weighted by atomic mass is 16.5. The van der Waals surface area contributed by atoms with Crippen LogP contribution in [0.2, 0.25) is 0 Å². The predicted octanol–water partition coefficient (Wildman–Crippen LogP) is 3.16. The standard InChI is InChI=1S/C25H24N8O2/c26-22(34)19-15-6-7-16(9-15)20(19)31-24-21-23(29-13-28-21)32-25(33-24)30-17-4-1-5-18(10-17)35-12-14-3-2-8-27-11-14/h1-8,10-11,13,15-16,19-20H,9,12H2,(H2,26,34)(H3,28,29,30,31,32,33)/t15-,16?,19?,20?/m1/s1. The Balaban J connectivity index is 1.23. The molecule has 0 aliphatic heterocycles. The van der Waals surface area contributed by atoms with Crippen LogP contribution in [0.1, 0.15) is 12.0 Å². The highest BCUT2D eigenvalue weighted by Crippen LogP contribution is 2.45. The number of H-pyrrole nitrogens is 1. The van der Waals surface area contributed by atoms with Gasteiger partial charge in [-0.1, -0.05) is 24.3 Å². The van der Waals surface area contributed by atoms with Crippen LogP contribution in [0.25, 0.3) is 11.2 Å². The van der Waals surface area contributed by atoms with E-state index in [0.717, 1.165) is 17.7 Å². The first kappa shape index (κ1) is 21.1. The Labute approximate surface area is 201 Å². The maximum absolute atomic E-state index is 12.2. The molecule has 35 heavy (non-hydrogen) atoms. The molecule has 1 aromatic carbocycles. The molecule has 176 valence electrons. The molecule has 10 nitrogen and oxygen atoms in total. The zero-order chi connectivity index (χ0) is 23.8. The number of aromatic nitrogens is 5. The molecule has 10 heteroatoms. The number of nitrogens with zero attached hydrogens (tertiary/aromatic N) is 4. The van der Waals surface area contributed by atoms with E-state index in [9.17, 15) is 4.79 Å². The van der Waals surface area contributed by atoms with E-state index in [0.29, 0.717) is 35.3 Å². The summed E-state index contributed by atoms with van der Waals surface area (Å²) in [6, 6.07) is 11.3. The highest BCUT2D eigenvalue weighted by Gasteiger charge is 2.47. The van der Waals surface area contributed by atoms with Gasteiger partial charge in [0.2, 0.25) is 11.9 Å². The second-order valence-electron chi connectivity index (χ2n) is 8.85. The van der Waals surface area contributed by atoms with Crippen LogP contribution in [0.3, 0.4) is 0 Å². The molecule has 3 aromatic heterocycles. The van der Waals surface area contributed by atoms with Gasteiger partial charge in [-0.15, -0.1) is 0 Å². The number of carbonyl (C=O) groups excluding carboxylic acids is 1. The first-order valence-corrected chi connectivity index (χ1v) is 11.5. The maximum Gasteiger partial charge on any atom is 0.231 e. The summed E-state index contributed by atoms with van der Waals surface area (Å²) in [4.78, 5) is 32.9. The lowest BCUT2D eigenvalue weighted by atomic mass is 9.88. The second-order valence-corrected chi connectivity index (χ2v) is 8.85. The lowest BCUT2D eigenvalue weighted by Crippen LogP contribution is -2.41. The smallest absolute Gasteiger partial charge is 0.231 e. The number of nitrogens with one attached hydrogen (secondary N) is 3. The first-order chi connectivity index (χ1) is 17.1. The monoisotopic (exact) mass is 468 g/mol. The van der Waals surface area contributed by atoms with Crippen LogP contribution in [-0.4, -0.2) is 36.9 Å². The minimum atomic E-state index is -0.296. The van der Waals surface area contributed by atoms with Crippen molar-refractivity contribution in [3.8, 4) is 5.75 Å². The summed E-state index contributed by atoms with van der Waals surface area (Å²) in [5, 5.41) is 6.71. The number of aromatic amines is 1. The van der Waals surface area contributed by atoms with E-state index >= 15 is 0 Å².